The Labute approximate surface area is 125 Å². The molecule has 2 aromatic rings. The molecule has 1 fully saturated rings. The fourth-order valence-corrected chi connectivity index (χ4v) is 4.38. The summed E-state index contributed by atoms with van der Waals surface area (Å²) < 4.78 is 27.8. The molecular weight excluding hydrogens is 284 g/mol. The van der Waals surface area contributed by atoms with Gasteiger partial charge in [0.2, 0.25) is 10.0 Å². The molecule has 0 heterocycles. The molecule has 0 aromatic heterocycles. The van der Waals surface area contributed by atoms with E-state index in [4.69, 9.17) is 5.73 Å². The molecule has 0 bridgehead atoms. The lowest BCUT2D eigenvalue weighted by Crippen LogP contribution is -2.29. The number of benzene rings is 2. The third kappa shape index (κ3) is 3.10. The smallest absolute Gasteiger partial charge is 0.241 e. The van der Waals surface area contributed by atoms with Gasteiger partial charge in [0.15, 0.2) is 0 Å². The highest BCUT2D eigenvalue weighted by Crippen LogP contribution is 2.25. The molecule has 2 unspecified atom stereocenters. The van der Waals surface area contributed by atoms with Crippen LogP contribution in [0.2, 0.25) is 0 Å². The van der Waals surface area contributed by atoms with E-state index in [2.05, 4.69) is 4.72 Å². The van der Waals surface area contributed by atoms with Crippen molar-refractivity contribution >= 4 is 20.8 Å². The first-order chi connectivity index (χ1) is 10.1. The van der Waals surface area contributed by atoms with Gasteiger partial charge in [0, 0.05) is 18.0 Å². The van der Waals surface area contributed by atoms with E-state index in [1.807, 2.05) is 30.3 Å². The maximum absolute atomic E-state index is 12.5. The van der Waals surface area contributed by atoms with Crippen molar-refractivity contribution in [3.8, 4) is 0 Å². The quantitative estimate of drug-likeness (QED) is 0.910. The summed E-state index contributed by atoms with van der Waals surface area (Å²) in [6, 6.07) is 13.1. The van der Waals surface area contributed by atoms with Crippen LogP contribution in [0.15, 0.2) is 47.4 Å². The van der Waals surface area contributed by atoms with Gasteiger partial charge in [0.1, 0.15) is 0 Å². The minimum atomic E-state index is -3.48. The van der Waals surface area contributed by atoms with Gasteiger partial charge in [-0.15, -0.1) is 0 Å². The van der Waals surface area contributed by atoms with Gasteiger partial charge in [-0.2, -0.15) is 0 Å². The predicted octanol–water partition coefficient (Wildman–Crippen LogP) is 2.25. The average molecular weight is 304 g/mol. The molecule has 112 valence electrons. The SMILES string of the molecule is NC1CCC(CNS(=O)(=O)c2cccc3ccccc23)C1. The zero-order valence-electron chi connectivity index (χ0n) is 11.8. The average Bonchev–Trinajstić information content (AvgIpc) is 2.90. The van der Waals surface area contributed by atoms with Crippen molar-refractivity contribution < 1.29 is 8.42 Å². The zero-order chi connectivity index (χ0) is 14.9. The van der Waals surface area contributed by atoms with Crippen LogP contribution in [0.25, 0.3) is 10.8 Å². The fraction of sp³-hybridized carbons (Fsp3) is 0.375. The number of nitrogens with one attached hydrogen (secondary N) is 1. The van der Waals surface area contributed by atoms with Crippen molar-refractivity contribution in [3.63, 3.8) is 0 Å². The van der Waals surface area contributed by atoms with Crippen LogP contribution < -0.4 is 10.5 Å². The minimum absolute atomic E-state index is 0.219. The van der Waals surface area contributed by atoms with E-state index >= 15 is 0 Å². The largest absolute Gasteiger partial charge is 0.328 e. The van der Waals surface area contributed by atoms with Crippen molar-refractivity contribution in [3.05, 3.63) is 42.5 Å². The molecule has 0 spiro atoms. The van der Waals surface area contributed by atoms with E-state index in [-0.39, 0.29) is 6.04 Å². The normalized spacial score (nSPS) is 22.7. The second kappa shape index (κ2) is 5.75. The van der Waals surface area contributed by atoms with Crippen LogP contribution in [0.3, 0.4) is 0 Å². The monoisotopic (exact) mass is 304 g/mol. The Balaban J connectivity index is 1.83. The standard InChI is InChI=1S/C16H20N2O2S/c17-14-9-8-12(10-14)11-18-21(19,20)16-7-3-5-13-4-1-2-6-15(13)16/h1-7,12,14,18H,8-11,17H2. The molecule has 1 aliphatic rings. The second-order valence-corrected chi connectivity index (χ2v) is 7.50. The number of rotatable bonds is 4. The minimum Gasteiger partial charge on any atom is -0.328 e. The maximum Gasteiger partial charge on any atom is 0.241 e. The van der Waals surface area contributed by atoms with E-state index in [1.165, 1.54) is 0 Å². The molecule has 1 aliphatic carbocycles. The first kappa shape index (κ1) is 14.5. The molecule has 0 amide bonds. The van der Waals surface area contributed by atoms with Crippen molar-refractivity contribution in [1.82, 2.24) is 4.72 Å². The van der Waals surface area contributed by atoms with Gasteiger partial charge in [0.25, 0.3) is 0 Å². The van der Waals surface area contributed by atoms with Crippen molar-refractivity contribution in [2.45, 2.75) is 30.2 Å². The van der Waals surface area contributed by atoms with Crippen LogP contribution in [0.5, 0.6) is 0 Å². The summed E-state index contributed by atoms with van der Waals surface area (Å²) in [5, 5.41) is 1.69. The van der Waals surface area contributed by atoms with E-state index in [0.29, 0.717) is 17.4 Å². The molecule has 1 saturated carbocycles. The van der Waals surface area contributed by atoms with Crippen LogP contribution in [0.1, 0.15) is 19.3 Å². The van der Waals surface area contributed by atoms with E-state index in [0.717, 1.165) is 30.0 Å². The third-order valence-corrected chi connectivity index (χ3v) is 5.66. The summed E-state index contributed by atoms with van der Waals surface area (Å²) in [6.45, 7) is 0.471. The summed E-state index contributed by atoms with van der Waals surface area (Å²) in [6.07, 6.45) is 2.89. The fourth-order valence-electron chi connectivity index (χ4n) is 3.03. The Morgan fingerprint density at radius 3 is 2.62 bits per heavy atom. The van der Waals surface area contributed by atoms with Crippen molar-refractivity contribution in [2.24, 2.45) is 11.7 Å². The van der Waals surface area contributed by atoms with Gasteiger partial charge in [-0.25, -0.2) is 13.1 Å². The number of fused-ring (bicyclic) bond motifs is 1. The Bertz CT molecular complexity index is 738. The molecule has 5 heteroatoms. The molecule has 2 atom stereocenters. The van der Waals surface area contributed by atoms with Crippen LogP contribution in [-0.4, -0.2) is 21.0 Å². The molecule has 21 heavy (non-hydrogen) atoms. The predicted molar refractivity (Wildman–Crippen MR) is 84.5 cm³/mol. The zero-order valence-corrected chi connectivity index (χ0v) is 12.6. The van der Waals surface area contributed by atoms with Crippen molar-refractivity contribution in [1.29, 1.82) is 0 Å². The lowest BCUT2D eigenvalue weighted by atomic mass is 10.1. The second-order valence-electron chi connectivity index (χ2n) is 5.77. The van der Waals surface area contributed by atoms with Gasteiger partial charge in [-0.3, -0.25) is 0 Å². The number of sulfonamides is 1. The summed E-state index contributed by atoms with van der Waals surface area (Å²) in [7, 11) is -3.48. The van der Waals surface area contributed by atoms with Gasteiger partial charge in [-0.1, -0.05) is 36.4 Å². The summed E-state index contributed by atoms with van der Waals surface area (Å²) in [5.74, 6) is 0.352. The first-order valence-electron chi connectivity index (χ1n) is 7.29. The van der Waals surface area contributed by atoms with Crippen LogP contribution in [0.4, 0.5) is 0 Å². The van der Waals surface area contributed by atoms with E-state index in [1.54, 1.807) is 12.1 Å². The lowest BCUT2D eigenvalue weighted by molar-refractivity contribution is 0.513. The molecule has 0 radical (unpaired) electrons. The van der Waals surface area contributed by atoms with Crippen LogP contribution in [-0.2, 0) is 10.0 Å². The van der Waals surface area contributed by atoms with Gasteiger partial charge >= 0.3 is 0 Å². The number of hydrogen-bond acceptors (Lipinski definition) is 3. The highest BCUT2D eigenvalue weighted by atomic mass is 32.2. The highest BCUT2D eigenvalue weighted by Gasteiger charge is 2.24. The van der Waals surface area contributed by atoms with Gasteiger partial charge < -0.3 is 5.73 Å². The molecule has 3 rings (SSSR count). The molecule has 0 aliphatic heterocycles. The number of nitrogens with two attached hydrogens (primary N) is 1. The molecule has 0 saturated heterocycles. The Morgan fingerprint density at radius 1 is 1.10 bits per heavy atom. The molecular formula is C16H20N2O2S. The Kier molecular flexibility index (Phi) is 3.97. The molecule has 2 aromatic carbocycles. The topological polar surface area (TPSA) is 72.2 Å². The summed E-state index contributed by atoms with van der Waals surface area (Å²) in [4.78, 5) is 0.350. The van der Waals surface area contributed by atoms with Gasteiger partial charge in [0.05, 0.1) is 4.90 Å². The lowest BCUT2D eigenvalue weighted by Gasteiger charge is -2.13. The van der Waals surface area contributed by atoms with Crippen LogP contribution in [0, 0.1) is 5.92 Å². The summed E-state index contributed by atoms with van der Waals surface area (Å²) >= 11 is 0. The maximum atomic E-state index is 12.5. The van der Waals surface area contributed by atoms with Gasteiger partial charge in [-0.05, 0) is 36.6 Å². The Morgan fingerprint density at radius 2 is 1.86 bits per heavy atom. The molecule has 4 nitrogen and oxygen atoms in total. The third-order valence-electron chi connectivity index (χ3n) is 4.18. The summed E-state index contributed by atoms with van der Waals surface area (Å²) in [5.41, 5.74) is 5.87. The van der Waals surface area contributed by atoms with Crippen LogP contribution >= 0.6 is 0 Å². The van der Waals surface area contributed by atoms with E-state index in [9.17, 15) is 8.42 Å². The Hall–Kier alpha value is -1.43. The van der Waals surface area contributed by atoms with E-state index < -0.39 is 10.0 Å². The first-order valence-corrected chi connectivity index (χ1v) is 8.77. The number of hydrogen-bond donors (Lipinski definition) is 2. The molecule has 3 N–H and O–H groups in total. The van der Waals surface area contributed by atoms with Crippen molar-refractivity contribution in [2.75, 3.05) is 6.54 Å². The highest BCUT2D eigenvalue weighted by molar-refractivity contribution is 7.89.